The van der Waals surface area contributed by atoms with Crippen LogP contribution >= 0.6 is 11.6 Å². The van der Waals surface area contributed by atoms with Crippen molar-refractivity contribution in [3.63, 3.8) is 0 Å². The number of benzene rings is 4. The molecule has 0 aliphatic carbocycles. The molecule has 0 aliphatic heterocycles. The highest BCUT2D eigenvalue weighted by atomic mass is 35.5. The van der Waals surface area contributed by atoms with E-state index in [1.165, 1.54) is 18.2 Å². The molecule has 0 heterocycles. The molecule has 0 radical (unpaired) electrons. The molecule has 0 aromatic heterocycles. The lowest BCUT2D eigenvalue weighted by Crippen LogP contribution is -2.16. The van der Waals surface area contributed by atoms with Crippen LogP contribution in [0.15, 0.2) is 95.9 Å². The number of amides is 1. The molecule has 2 N–H and O–H groups in total. The van der Waals surface area contributed by atoms with Gasteiger partial charge in [-0.05, 0) is 85.1 Å². The van der Waals surface area contributed by atoms with Crippen LogP contribution in [0, 0.1) is 13.8 Å². The maximum Gasteiger partial charge on any atom is 0.263 e. The summed E-state index contributed by atoms with van der Waals surface area (Å²) in [7, 11) is -4.02. The molecular formula is C28H25ClN2O4S. The molecule has 36 heavy (non-hydrogen) atoms. The quantitative estimate of drug-likeness (QED) is 0.274. The lowest BCUT2D eigenvalue weighted by Gasteiger charge is -2.13. The number of hydrogen-bond acceptors (Lipinski definition) is 4. The Morgan fingerprint density at radius 2 is 1.50 bits per heavy atom. The van der Waals surface area contributed by atoms with Crippen LogP contribution in [-0.4, -0.2) is 14.3 Å². The summed E-state index contributed by atoms with van der Waals surface area (Å²) < 4.78 is 34.4. The van der Waals surface area contributed by atoms with Gasteiger partial charge in [-0.25, -0.2) is 8.42 Å². The minimum Gasteiger partial charge on any atom is -0.489 e. The minimum atomic E-state index is -4.02. The van der Waals surface area contributed by atoms with Gasteiger partial charge in [-0.15, -0.1) is 0 Å². The van der Waals surface area contributed by atoms with E-state index in [1.807, 2.05) is 50.2 Å². The Kier molecular flexibility index (Phi) is 7.62. The maximum absolute atomic E-state index is 13.0. The van der Waals surface area contributed by atoms with Crippen LogP contribution in [0.4, 0.5) is 11.4 Å². The Hall–Kier alpha value is -3.81. The van der Waals surface area contributed by atoms with Crippen molar-refractivity contribution >= 4 is 38.9 Å². The number of halogens is 1. The zero-order chi connectivity index (χ0) is 25.7. The highest BCUT2D eigenvalue weighted by Gasteiger charge is 2.21. The Bertz CT molecular complexity index is 1470. The molecule has 4 aromatic carbocycles. The van der Waals surface area contributed by atoms with Crippen molar-refractivity contribution in [3.05, 3.63) is 118 Å². The number of carbonyl (C=O) groups is 1. The number of sulfonamides is 1. The van der Waals surface area contributed by atoms with Gasteiger partial charge in [0.1, 0.15) is 17.3 Å². The van der Waals surface area contributed by atoms with Crippen molar-refractivity contribution in [2.45, 2.75) is 25.3 Å². The van der Waals surface area contributed by atoms with Gasteiger partial charge in [0, 0.05) is 16.9 Å². The van der Waals surface area contributed by atoms with E-state index in [4.69, 9.17) is 16.3 Å². The van der Waals surface area contributed by atoms with Gasteiger partial charge in [0.05, 0.1) is 5.02 Å². The average molecular weight is 521 g/mol. The molecule has 1 amide bonds. The monoisotopic (exact) mass is 520 g/mol. The highest BCUT2D eigenvalue weighted by Crippen LogP contribution is 2.27. The van der Waals surface area contributed by atoms with E-state index in [0.29, 0.717) is 23.7 Å². The lowest BCUT2D eigenvalue weighted by molar-refractivity contribution is 0.102. The van der Waals surface area contributed by atoms with E-state index >= 15 is 0 Å². The fourth-order valence-corrected chi connectivity index (χ4v) is 5.24. The predicted octanol–water partition coefficient (Wildman–Crippen LogP) is 6.59. The Morgan fingerprint density at radius 3 is 2.17 bits per heavy atom. The zero-order valence-electron chi connectivity index (χ0n) is 19.8. The minimum absolute atomic E-state index is 0.0170. The average Bonchev–Trinajstić information content (AvgIpc) is 2.83. The third-order valence-electron chi connectivity index (χ3n) is 5.32. The first-order valence-electron chi connectivity index (χ1n) is 11.2. The van der Waals surface area contributed by atoms with Crippen molar-refractivity contribution in [2.24, 2.45) is 0 Å². The summed E-state index contributed by atoms with van der Waals surface area (Å²) in [5.41, 5.74) is 4.01. The number of ether oxygens (including phenoxy) is 1. The highest BCUT2D eigenvalue weighted by molar-refractivity contribution is 7.92. The van der Waals surface area contributed by atoms with Gasteiger partial charge in [0.25, 0.3) is 15.9 Å². The third kappa shape index (κ3) is 6.44. The summed E-state index contributed by atoms with van der Waals surface area (Å²) in [6, 6.07) is 26.3. The number of aryl methyl sites for hydroxylation is 2. The first kappa shape index (κ1) is 25.3. The normalized spacial score (nSPS) is 11.1. The van der Waals surface area contributed by atoms with E-state index in [0.717, 1.165) is 16.7 Å². The standard InChI is InChI=1S/C28H25ClN2O4S/c1-19-14-20(2)16-24(15-19)31-36(33,34)27-17-22(8-13-26(27)29)28(32)30-23-9-11-25(12-10-23)35-18-21-6-4-3-5-7-21/h3-17,31H,18H2,1-2H3,(H,30,32). The molecule has 0 aliphatic rings. The van der Waals surface area contributed by atoms with Gasteiger partial charge in [-0.2, -0.15) is 0 Å². The van der Waals surface area contributed by atoms with Crippen molar-refractivity contribution in [1.82, 2.24) is 0 Å². The number of hydrogen-bond donors (Lipinski definition) is 2. The molecule has 4 aromatic rings. The third-order valence-corrected chi connectivity index (χ3v) is 7.18. The molecule has 8 heteroatoms. The van der Waals surface area contributed by atoms with E-state index in [1.54, 1.807) is 36.4 Å². The Balaban J connectivity index is 1.45. The van der Waals surface area contributed by atoms with E-state index in [9.17, 15) is 13.2 Å². The molecular weight excluding hydrogens is 496 g/mol. The van der Waals surface area contributed by atoms with Gasteiger partial charge in [-0.1, -0.05) is 48.0 Å². The topological polar surface area (TPSA) is 84.5 Å². The van der Waals surface area contributed by atoms with Crippen molar-refractivity contribution in [3.8, 4) is 5.75 Å². The molecule has 0 unspecified atom stereocenters. The maximum atomic E-state index is 13.0. The molecule has 0 fully saturated rings. The number of anilines is 2. The zero-order valence-corrected chi connectivity index (χ0v) is 21.4. The van der Waals surface area contributed by atoms with Crippen molar-refractivity contribution in [1.29, 1.82) is 0 Å². The summed E-state index contributed by atoms with van der Waals surface area (Å²) in [4.78, 5) is 12.7. The van der Waals surface area contributed by atoms with Crippen LogP contribution in [0.3, 0.4) is 0 Å². The molecule has 0 spiro atoms. The largest absolute Gasteiger partial charge is 0.489 e. The SMILES string of the molecule is Cc1cc(C)cc(NS(=O)(=O)c2cc(C(=O)Nc3ccc(OCc4ccccc4)cc3)ccc2Cl)c1. The summed E-state index contributed by atoms with van der Waals surface area (Å²) in [6.45, 7) is 4.19. The molecule has 0 bridgehead atoms. The fraction of sp³-hybridized carbons (Fsp3) is 0.107. The van der Waals surface area contributed by atoms with Crippen LogP contribution in [0.1, 0.15) is 27.0 Å². The number of carbonyl (C=O) groups excluding carboxylic acids is 1. The summed E-state index contributed by atoms with van der Waals surface area (Å²) in [5, 5.41) is 2.79. The fourth-order valence-electron chi connectivity index (χ4n) is 3.67. The second kappa shape index (κ2) is 10.8. The predicted molar refractivity (Wildman–Crippen MR) is 143 cm³/mol. The molecule has 0 saturated carbocycles. The molecule has 0 saturated heterocycles. The number of rotatable bonds is 8. The van der Waals surface area contributed by atoms with Crippen LogP contribution in [0.25, 0.3) is 0 Å². The van der Waals surface area contributed by atoms with Crippen LogP contribution in [0.2, 0.25) is 5.02 Å². The van der Waals surface area contributed by atoms with E-state index in [2.05, 4.69) is 10.0 Å². The molecule has 184 valence electrons. The van der Waals surface area contributed by atoms with Gasteiger partial charge < -0.3 is 10.1 Å². The molecule has 4 rings (SSSR count). The lowest BCUT2D eigenvalue weighted by atomic mass is 10.1. The van der Waals surface area contributed by atoms with Gasteiger partial charge in [0.15, 0.2) is 0 Å². The van der Waals surface area contributed by atoms with Gasteiger partial charge in [0.2, 0.25) is 0 Å². The van der Waals surface area contributed by atoms with Crippen LogP contribution < -0.4 is 14.8 Å². The van der Waals surface area contributed by atoms with E-state index < -0.39 is 15.9 Å². The van der Waals surface area contributed by atoms with E-state index in [-0.39, 0.29) is 15.5 Å². The summed E-state index contributed by atoms with van der Waals surface area (Å²) in [6.07, 6.45) is 0. The first-order valence-corrected chi connectivity index (χ1v) is 13.0. The second-order valence-electron chi connectivity index (χ2n) is 8.38. The Morgan fingerprint density at radius 1 is 0.833 bits per heavy atom. The smallest absolute Gasteiger partial charge is 0.263 e. The van der Waals surface area contributed by atoms with Crippen LogP contribution in [-0.2, 0) is 16.6 Å². The summed E-state index contributed by atoms with van der Waals surface area (Å²) >= 11 is 6.20. The van der Waals surface area contributed by atoms with Gasteiger partial charge in [-0.3, -0.25) is 9.52 Å². The molecule has 0 atom stereocenters. The van der Waals surface area contributed by atoms with Crippen LogP contribution in [0.5, 0.6) is 5.75 Å². The molecule has 6 nitrogen and oxygen atoms in total. The first-order chi connectivity index (χ1) is 17.2. The second-order valence-corrected chi connectivity index (χ2v) is 10.4. The number of nitrogens with one attached hydrogen (secondary N) is 2. The summed E-state index contributed by atoms with van der Waals surface area (Å²) in [5.74, 6) is 0.196. The van der Waals surface area contributed by atoms with Gasteiger partial charge >= 0.3 is 0 Å². The van der Waals surface area contributed by atoms with Crippen molar-refractivity contribution < 1.29 is 17.9 Å². The Labute approximate surface area is 216 Å². The van der Waals surface area contributed by atoms with Crippen molar-refractivity contribution in [2.75, 3.05) is 10.0 Å².